The Morgan fingerprint density at radius 1 is 1.13 bits per heavy atom. The van der Waals surface area contributed by atoms with Gasteiger partial charge in [0.15, 0.2) is 11.5 Å². The van der Waals surface area contributed by atoms with Gasteiger partial charge in [-0.2, -0.15) is 0 Å². The van der Waals surface area contributed by atoms with E-state index in [2.05, 4.69) is 40.3 Å². The Hall–Kier alpha value is -1.72. The molecule has 0 spiro atoms. The molecule has 2 aromatic carbocycles. The van der Waals surface area contributed by atoms with Crippen LogP contribution in [0.25, 0.3) is 0 Å². The summed E-state index contributed by atoms with van der Waals surface area (Å²) in [6.07, 6.45) is 0. The van der Waals surface area contributed by atoms with Crippen molar-refractivity contribution in [1.82, 2.24) is 5.32 Å². The summed E-state index contributed by atoms with van der Waals surface area (Å²) in [5.41, 5.74) is 2.29. The molecule has 0 bridgehead atoms. The van der Waals surface area contributed by atoms with E-state index in [1.807, 2.05) is 24.3 Å². The smallest absolute Gasteiger partial charge is 0.161 e. The van der Waals surface area contributed by atoms with Gasteiger partial charge in [-0.25, -0.2) is 0 Å². The van der Waals surface area contributed by atoms with Crippen LogP contribution in [0.1, 0.15) is 24.1 Å². The Kier molecular flexibility index (Phi) is 5.08. The molecule has 1 N–H and O–H groups in total. The van der Waals surface area contributed by atoms with Gasteiger partial charge >= 0.3 is 0 Å². The average Bonchev–Trinajstić information content (AvgIpc) is 2.59. The van der Waals surface area contributed by atoms with Gasteiger partial charge in [-0.05, 0) is 42.8 Å². The summed E-state index contributed by atoms with van der Waals surface area (Å²) in [6, 6.07) is 12.3. The Labute approximate surface area is 144 Å². The Bertz CT molecular complexity index is 690. The standard InChI is InChI=1S/C18H20BrNO3/c1-12(13-3-5-17-18(10-13)23-8-7-22-17)20-11-14-9-15(19)4-6-16(14)21-2/h3-6,9-10,12,20H,7-8,11H2,1-2H3. The van der Waals surface area contributed by atoms with E-state index in [1.54, 1.807) is 7.11 Å². The first-order valence-electron chi connectivity index (χ1n) is 7.62. The van der Waals surface area contributed by atoms with Crippen molar-refractivity contribution in [3.05, 3.63) is 52.0 Å². The number of rotatable bonds is 5. The molecule has 0 amide bonds. The van der Waals surface area contributed by atoms with Crippen molar-refractivity contribution in [3.63, 3.8) is 0 Å². The summed E-state index contributed by atoms with van der Waals surface area (Å²) in [5, 5.41) is 3.53. The highest BCUT2D eigenvalue weighted by Crippen LogP contribution is 2.32. The molecule has 5 heteroatoms. The largest absolute Gasteiger partial charge is 0.496 e. The van der Waals surface area contributed by atoms with Gasteiger partial charge in [-0.3, -0.25) is 0 Å². The summed E-state index contributed by atoms with van der Waals surface area (Å²) in [6.45, 7) is 4.07. The minimum atomic E-state index is 0.189. The van der Waals surface area contributed by atoms with Crippen molar-refractivity contribution < 1.29 is 14.2 Å². The van der Waals surface area contributed by atoms with Crippen LogP contribution in [0, 0.1) is 0 Å². The highest BCUT2D eigenvalue weighted by atomic mass is 79.9. The molecule has 4 nitrogen and oxygen atoms in total. The molecule has 1 aliphatic rings. The van der Waals surface area contributed by atoms with Crippen molar-refractivity contribution >= 4 is 15.9 Å². The van der Waals surface area contributed by atoms with Gasteiger partial charge in [0, 0.05) is 22.6 Å². The molecule has 0 saturated carbocycles. The number of ether oxygens (including phenoxy) is 3. The van der Waals surface area contributed by atoms with E-state index in [0.717, 1.165) is 33.8 Å². The second-order valence-corrected chi connectivity index (χ2v) is 6.38. The predicted octanol–water partition coefficient (Wildman–Crippen LogP) is 4.08. The number of methoxy groups -OCH3 is 1. The number of nitrogens with one attached hydrogen (secondary N) is 1. The highest BCUT2D eigenvalue weighted by molar-refractivity contribution is 9.10. The Morgan fingerprint density at radius 3 is 2.70 bits per heavy atom. The van der Waals surface area contributed by atoms with E-state index >= 15 is 0 Å². The van der Waals surface area contributed by atoms with Crippen LogP contribution in [-0.2, 0) is 6.54 Å². The highest BCUT2D eigenvalue weighted by Gasteiger charge is 2.14. The normalized spacial score (nSPS) is 14.4. The number of fused-ring (bicyclic) bond motifs is 1. The molecule has 2 aromatic rings. The first kappa shape index (κ1) is 16.1. The van der Waals surface area contributed by atoms with Crippen molar-refractivity contribution in [2.45, 2.75) is 19.5 Å². The van der Waals surface area contributed by atoms with E-state index in [-0.39, 0.29) is 6.04 Å². The first-order valence-corrected chi connectivity index (χ1v) is 8.42. The Balaban J connectivity index is 1.70. The van der Waals surface area contributed by atoms with Crippen LogP contribution >= 0.6 is 15.9 Å². The van der Waals surface area contributed by atoms with Gasteiger partial charge in [0.1, 0.15) is 19.0 Å². The number of benzene rings is 2. The molecule has 0 radical (unpaired) electrons. The lowest BCUT2D eigenvalue weighted by Crippen LogP contribution is -2.20. The number of hydrogen-bond acceptors (Lipinski definition) is 4. The molecule has 0 saturated heterocycles. The molecular formula is C18H20BrNO3. The molecule has 3 rings (SSSR count). The molecule has 1 unspecified atom stereocenters. The molecule has 0 aliphatic carbocycles. The van der Waals surface area contributed by atoms with Crippen LogP contribution in [0.2, 0.25) is 0 Å². The zero-order chi connectivity index (χ0) is 16.2. The molecular weight excluding hydrogens is 358 g/mol. The van der Waals surface area contributed by atoms with Crippen molar-refractivity contribution in [3.8, 4) is 17.2 Å². The van der Waals surface area contributed by atoms with Gasteiger partial charge in [-0.15, -0.1) is 0 Å². The molecule has 1 aliphatic heterocycles. The third-order valence-corrected chi connectivity index (χ3v) is 4.40. The Morgan fingerprint density at radius 2 is 1.91 bits per heavy atom. The minimum Gasteiger partial charge on any atom is -0.496 e. The first-order chi connectivity index (χ1) is 11.2. The van der Waals surface area contributed by atoms with E-state index in [0.29, 0.717) is 13.2 Å². The second-order valence-electron chi connectivity index (χ2n) is 5.46. The lowest BCUT2D eigenvalue weighted by Gasteiger charge is -2.21. The quantitative estimate of drug-likeness (QED) is 0.851. The van der Waals surface area contributed by atoms with Gasteiger partial charge in [-0.1, -0.05) is 22.0 Å². The van der Waals surface area contributed by atoms with E-state index in [1.165, 1.54) is 5.56 Å². The summed E-state index contributed by atoms with van der Waals surface area (Å²) >= 11 is 3.50. The van der Waals surface area contributed by atoms with Gasteiger partial charge in [0.05, 0.1) is 7.11 Å². The summed E-state index contributed by atoms with van der Waals surface area (Å²) in [4.78, 5) is 0. The average molecular weight is 378 g/mol. The van der Waals surface area contributed by atoms with Crippen molar-refractivity contribution in [2.75, 3.05) is 20.3 Å². The molecule has 23 heavy (non-hydrogen) atoms. The maximum atomic E-state index is 5.65. The number of hydrogen-bond donors (Lipinski definition) is 1. The van der Waals surface area contributed by atoms with Crippen LogP contribution < -0.4 is 19.5 Å². The maximum Gasteiger partial charge on any atom is 0.161 e. The van der Waals surface area contributed by atoms with Crippen molar-refractivity contribution in [2.24, 2.45) is 0 Å². The lowest BCUT2D eigenvalue weighted by molar-refractivity contribution is 0.171. The third-order valence-electron chi connectivity index (χ3n) is 3.91. The van der Waals surface area contributed by atoms with E-state index in [4.69, 9.17) is 14.2 Å². The van der Waals surface area contributed by atoms with E-state index < -0.39 is 0 Å². The molecule has 1 heterocycles. The minimum absolute atomic E-state index is 0.189. The molecule has 0 aromatic heterocycles. The topological polar surface area (TPSA) is 39.7 Å². The fourth-order valence-corrected chi connectivity index (χ4v) is 3.00. The molecule has 0 fully saturated rings. The monoisotopic (exact) mass is 377 g/mol. The van der Waals surface area contributed by atoms with Crippen molar-refractivity contribution in [1.29, 1.82) is 0 Å². The summed E-state index contributed by atoms with van der Waals surface area (Å²) in [7, 11) is 1.69. The predicted molar refractivity (Wildman–Crippen MR) is 93.4 cm³/mol. The second kappa shape index (κ2) is 7.23. The van der Waals surface area contributed by atoms with Crippen LogP contribution in [0.15, 0.2) is 40.9 Å². The van der Waals surface area contributed by atoms with Crippen LogP contribution in [0.4, 0.5) is 0 Å². The van der Waals surface area contributed by atoms with Gasteiger partial charge < -0.3 is 19.5 Å². The fraction of sp³-hybridized carbons (Fsp3) is 0.333. The fourth-order valence-electron chi connectivity index (χ4n) is 2.60. The zero-order valence-electron chi connectivity index (χ0n) is 13.3. The number of halogens is 1. The van der Waals surface area contributed by atoms with Crippen LogP contribution in [-0.4, -0.2) is 20.3 Å². The van der Waals surface area contributed by atoms with Gasteiger partial charge in [0.25, 0.3) is 0 Å². The molecule has 1 atom stereocenters. The van der Waals surface area contributed by atoms with E-state index in [9.17, 15) is 0 Å². The zero-order valence-corrected chi connectivity index (χ0v) is 14.9. The lowest BCUT2D eigenvalue weighted by atomic mass is 10.1. The molecule has 122 valence electrons. The third kappa shape index (κ3) is 3.79. The van der Waals surface area contributed by atoms with Crippen LogP contribution in [0.3, 0.4) is 0 Å². The summed E-state index contributed by atoms with van der Waals surface area (Å²) < 4.78 is 17.7. The summed E-state index contributed by atoms with van der Waals surface area (Å²) in [5.74, 6) is 2.53. The SMILES string of the molecule is COc1ccc(Br)cc1CNC(C)c1ccc2c(c1)OCCO2. The van der Waals surface area contributed by atoms with Crippen LogP contribution in [0.5, 0.6) is 17.2 Å². The van der Waals surface area contributed by atoms with Gasteiger partial charge in [0.2, 0.25) is 0 Å². The maximum absolute atomic E-state index is 5.65.